The van der Waals surface area contributed by atoms with Crippen molar-refractivity contribution < 1.29 is 23.9 Å². The van der Waals surface area contributed by atoms with E-state index in [2.05, 4.69) is 10.3 Å². The first-order chi connectivity index (χ1) is 14.3. The minimum absolute atomic E-state index is 0.00564. The summed E-state index contributed by atoms with van der Waals surface area (Å²) in [5.74, 6) is -1.52. The van der Waals surface area contributed by atoms with Gasteiger partial charge in [-0.15, -0.1) is 0 Å². The van der Waals surface area contributed by atoms with Crippen molar-refractivity contribution >= 4 is 34.6 Å². The van der Waals surface area contributed by atoms with Crippen molar-refractivity contribution in [1.29, 1.82) is 0 Å². The summed E-state index contributed by atoms with van der Waals surface area (Å²) in [6, 6.07) is 6.76. The number of nitrogens with one attached hydrogen (secondary N) is 2. The van der Waals surface area contributed by atoms with E-state index in [-0.39, 0.29) is 17.6 Å². The van der Waals surface area contributed by atoms with Crippen LogP contribution >= 0.6 is 0 Å². The number of para-hydroxylation sites is 1. The van der Waals surface area contributed by atoms with E-state index in [1.54, 1.807) is 6.20 Å². The van der Waals surface area contributed by atoms with E-state index in [0.717, 1.165) is 35.1 Å². The highest BCUT2D eigenvalue weighted by Crippen LogP contribution is 2.38. The van der Waals surface area contributed by atoms with Crippen molar-refractivity contribution in [3.05, 3.63) is 36.0 Å². The van der Waals surface area contributed by atoms with E-state index in [1.807, 2.05) is 31.2 Å². The Kier molecular flexibility index (Phi) is 5.09. The number of carbonyl (C=O) groups excluding carboxylic acids is 4. The van der Waals surface area contributed by atoms with Gasteiger partial charge in [0.1, 0.15) is 12.1 Å². The number of imide groups is 1. The zero-order valence-corrected chi connectivity index (χ0v) is 17.1. The average Bonchev–Trinajstić information content (AvgIpc) is 3.25. The molecular formula is C22H25N3O5. The van der Waals surface area contributed by atoms with Gasteiger partial charge in [0.05, 0.1) is 0 Å². The molecule has 1 saturated carbocycles. The molecule has 1 aromatic carbocycles. The third kappa shape index (κ3) is 3.26. The van der Waals surface area contributed by atoms with E-state index in [4.69, 9.17) is 4.74 Å². The number of hydrogen-bond acceptors (Lipinski definition) is 5. The predicted octanol–water partition coefficient (Wildman–Crippen LogP) is 2.78. The van der Waals surface area contributed by atoms with Gasteiger partial charge in [0.2, 0.25) is 5.78 Å². The number of rotatable bonds is 5. The van der Waals surface area contributed by atoms with Crippen LogP contribution in [0.4, 0.5) is 4.79 Å². The third-order valence-electron chi connectivity index (χ3n) is 6.32. The number of nitrogens with zero attached hydrogens (tertiary/aromatic N) is 1. The molecule has 2 N–H and O–H groups in total. The minimum Gasteiger partial charge on any atom is -0.453 e. The van der Waals surface area contributed by atoms with Gasteiger partial charge in [-0.25, -0.2) is 4.79 Å². The van der Waals surface area contributed by atoms with Crippen LogP contribution in [0.15, 0.2) is 30.5 Å². The maximum Gasteiger partial charge on any atom is 0.326 e. The Morgan fingerprint density at radius 3 is 2.80 bits per heavy atom. The number of amides is 3. The van der Waals surface area contributed by atoms with E-state index in [1.165, 1.54) is 6.92 Å². The molecule has 1 aliphatic heterocycles. The highest BCUT2D eigenvalue weighted by atomic mass is 16.5. The lowest BCUT2D eigenvalue weighted by Crippen LogP contribution is -2.54. The summed E-state index contributed by atoms with van der Waals surface area (Å²) < 4.78 is 5.27. The minimum atomic E-state index is -1.04. The summed E-state index contributed by atoms with van der Waals surface area (Å²) in [6.45, 7) is 2.92. The normalized spacial score (nSPS) is 24.9. The van der Waals surface area contributed by atoms with Gasteiger partial charge in [-0.1, -0.05) is 38.0 Å². The predicted molar refractivity (Wildman–Crippen MR) is 109 cm³/mol. The maximum atomic E-state index is 13.0. The monoisotopic (exact) mass is 411 g/mol. The Bertz CT molecular complexity index is 1030. The molecule has 1 saturated heterocycles. The Labute approximate surface area is 173 Å². The Morgan fingerprint density at radius 1 is 1.27 bits per heavy atom. The highest BCUT2D eigenvalue weighted by molar-refractivity contribution is 6.11. The molecule has 1 aromatic heterocycles. The van der Waals surface area contributed by atoms with Crippen LogP contribution in [0.1, 0.15) is 49.9 Å². The SMILES string of the molecule is CC(OC(=O)CN1C(=O)NC2(CCCCC2C)C1=O)C(=O)c1c[nH]c2ccccc12. The lowest BCUT2D eigenvalue weighted by Gasteiger charge is -2.36. The average molecular weight is 411 g/mol. The molecule has 3 atom stereocenters. The van der Waals surface area contributed by atoms with Crippen LogP contribution in [-0.2, 0) is 14.3 Å². The number of ether oxygens (including phenoxy) is 1. The number of esters is 1. The molecule has 8 nitrogen and oxygen atoms in total. The number of H-pyrrole nitrogens is 1. The van der Waals surface area contributed by atoms with E-state index < -0.39 is 30.2 Å². The van der Waals surface area contributed by atoms with Gasteiger partial charge in [0, 0.05) is 22.7 Å². The lowest BCUT2D eigenvalue weighted by atomic mass is 9.73. The number of Topliss-reactive ketones (excluding diaryl/α,β-unsaturated/α-hetero) is 1. The number of carbonyl (C=O) groups is 4. The molecule has 158 valence electrons. The van der Waals surface area contributed by atoms with Crippen molar-refractivity contribution in [1.82, 2.24) is 15.2 Å². The smallest absolute Gasteiger partial charge is 0.326 e. The number of ketones is 1. The summed E-state index contributed by atoms with van der Waals surface area (Å²) in [5, 5.41) is 3.54. The Hall–Kier alpha value is -3.16. The molecule has 2 aliphatic rings. The molecule has 2 fully saturated rings. The van der Waals surface area contributed by atoms with Crippen LogP contribution in [-0.4, -0.2) is 51.8 Å². The number of benzene rings is 1. The summed E-state index contributed by atoms with van der Waals surface area (Å²) in [7, 11) is 0. The second-order valence-electron chi connectivity index (χ2n) is 8.18. The maximum absolute atomic E-state index is 13.0. The highest BCUT2D eigenvalue weighted by Gasteiger charge is 2.55. The molecule has 8 heteroatoms. The third-order valence-corrected chi connectivity index (χ3v) is 6.32. The lowest BCUT2D eigenvalue weighted by molar-refractivity contribution is -0.150. The van der Waals surface area contributed by atoms with Gasteiger partial charge >= 0.3 is 12.0 Å². The molecule has 2 aromatic rings. The Morgan fingerprint density at radius 2 is 2.03 bits per heavy atom. The van der Waals surface area contributed by atoms with Crippen LogP contribution in [0.2, 0.25) is 0 Å². The van der Waals surface area contributed by atoms with Crippen molar-refractivity contribution in [3.63, 3.8) is 0 Å². The van der Waals surface area contributed by atoms with Crippen LogP contribution in [0.25, 0.3) is 10.9 Å². The van der Waals surface area contributed by atoms with Gasteiger partial charge < -0.3 is 15.0 Å². The molecular weight excluding hydrogens is 386 g/mol. The first-order valence-electron chi connectivity index (χ1n) is 10.3. The molecule has 0 bridgehead atoms. The van der Waals surface area contributed by atoms with E-state index >= 15 is 0 Å². The first kappa shape index (κ1) is 20.1. The molecule has 4 rings (SSSR count). The van der Waals surface area contributed by atoms with Gasteiger partial charge in [0.15, 0.2) is 6.10 Å². The number of fused-ring (bicyclic) bond motifs is 1. The quantitative estimate of drug-likeness (QED) is 0.447. The van der Waals surface area contributed by atoms with Crippen molar-refractivity contribution in [3.8, 4) is 0 Å². The van der Waals surface area contributed by atoms with Crippen LogP contribution < -0.4 is 5.32 Å². The summed E-state index contributed by atoms with van der Waals surface area (Å²) in [6.07, 6.45) is 3.83. The van der Waals surface area contributed by atoms with Gasteiger partial charge in [-0.2, -0.15) is 0 Å². The fourth-order valence-electron chi connectivity index (χ4n) is 4.55. The van der Waals surface area contributed by atoms with E-state index in [0.29, 0.717) is 12.0 Å². The molecule has 1 spiro atoms. The van der Waals surface area contributed by atoms with Gasteiger partial charge in [-0.05, 0) is 31.7 Å². The van der Waals surface area contributed by atoms with Crippen molar-refractivity contribution in [2.45, 2.75) is 51.2 Å². The molecule has 2 heterocycles. The molecule has 3 amide bonds. The topological polar surface area (TPSA) is 109 Å². The number of hydrogen-bond donors (Lipinski definition) is 2. The van der Waals surface area contributed by atoms with Crippen LogP contribution in [0, 0.1) is 5.92 Å². The standard InChI is InChI=1S/C22H25N3O5/c1-13-7-5-6-10-22(13)20(28)25(21(29)24-22)12-18(26)30-14(2)19(27)16-11-23-17-9-4-3-8-15(16)17/h3-4,8-9,11,13-14,23H,5-7,10,12H2,1-2H3,(H,24,29). The fraction of sp³-hybridized carbons (Fsp3) is 0.455. The molecule has 3 unspecified atom stereocenters. The number of urea groups is 1. The largest absolute Gasteiger partial charge is 0.453 e. The summed E-state index contributed by atoms with van der Waals surface area (Å²) in [5.41, 5.74) is 0.308. The molecule has 30 heavy (non-hydrogen) atoms. The van der Waals surface area contributed by atoms with Gasteiger partial charge in [0.25, 0.3) is 5.91 Å². The Balaban J connectivity index is 1.42. The van der Waals surface area contributed by atoms with E-state index in [9.17, 15) is 19.2 Å². The second kappa shape index (κ2) is 7.59. The summed E-state index contributed by atoms with van der Waals surface area (Å²) >= 11 is 0. The van der Waals surface area contributed by atoms with Crippen LogP contribution in [0.5, 0.6) is 0 Å². The number of aromatic amines is 1. The zero-order chi connectivity index (χ0) is 21.5. The zero-order valence-electron chi connectivity index (χ0n) is 17.1. The van der Waals surface area contributed by atoms with Crippen molar-refractivity contribution in [2.75, 3.05) is 6.54 Å². The number of aromatic nitrogens is 1. The van der Waals surface area contributed by atoms with Gasteiger partial charge in [-0.3, -0.25) is 19.3 Å². The summed E-state index contributed by atoms with van der Waals surface area (Å²) in [4.78, 5) is 54.5. The van der Waals surface area contributed by atoms with Crippen molar-refractivity contribution in [2.24, 2.45) is 5.92 Å². The molecule has 1 aliphatic carbocycles. The fourth-order valence-corrected chi connectivity index (χ4v) is 4.55. The molecule has 0 radical (unpaired) electrons. The van der Waals surface area contributed by atoms with Crippen LogP contribution in [0.3, 0.4) is 0 Å². The first-order valence-corrected chi connectivity index (χ1v) is 10.3. The second-order valence-corrected chi connectivity index (χ2v) is 8.18.